The fourth-order valence-electron chi connectivity index (χ4n) is 1.95. The van der Waals surface area contributed by atoms with Crippen LogP contribution in [0.25, 0.3) is 0 Å². The van der Waals surface area contributed by atoms with Crippen molar-refractivity contribution in [1.82, 2.24) is 9.97 Å². The maximum atomic E-state index is 12.2. The molecule has 0 aliphatic heterocycles. The van der Waals surface area contributed by atoms with Crippen molar-refractivity contribution < 1.29 is 14.3 Å². The third-order valence-electron chi connectivity index (χ3n) is 2.88. The van der Waals surface area contributed by atoms with Crippen LogP contribution in [0.15, 0.2) is 39.9 Å². The molecule has 0 radical (unpaired) electrons. The molecule has 1 aromatic carbocycles. The lowest BCUT2D eigenvalue weighted by atomic mass is 10.1. The van der Waals surface area contributed by atoms with E-state index in [4.69, 9.17) is 9.47 Å². The van der Waals surface area contributed by atoms with E-state index in [1.165, 1.54) is 6.20 Å². The molecule has 1 aromatic heterocycles. The molecule has 1 heterocycles. The summed E-state index contributed by atoms with van der Waals surface area (Å²) in [7, 11) is 0. The van der Waals surface area contributed by atoms with Crippen LogP contribution < -0.4 is 10.4 Å². The third kappa shape index (κ3) is 5.81. The van der Waals surface area contributed by atoms with Crippen LogP contribution in [-0.2, 0) is 11.2 Å². The highest BCUT2D eigenvalue weighted by Crippen LogP contribution is 2.25. The molecule has 2 aromatic rings. The summed E-state index contributed by atoms with van der Waals surface area (Å²) in [6, 6.07) is 5.13. The molecule has 24 heavy (non-hydrogen) atoms. The summed E-state index contributed by atoms with van der Waals surface area (Å²) in [5.41, 5.74) is 0.423. The second-order valence-electron chi connectivity index (χ2n) is 6.20. The molecule has 0 saturated carbocycles. The number of aromatic nitrogens is 2. The predicted octanol–water partition coefficient (Wildman–Crippen LogP) is 3.11. The van der Waals surface area contributed by atoms with E-state index in [0.717, 1.165) is 10.0 Å². The monoisotopic (exact) mass is 394 g/mol. The molecule has 0 spiro atoms. The molecule has 0 aliphatic carbocycles. The molecular formula is C17H19BrN2O4. The smallest absolute Gasteiger partial charge is 0.344 e. The summed E-state index contributed by atoms with van der Waals surface area (Å²) in [5, 5.41) is 0. The average molecular weight is 395 g/mol. The fourth-order valence-corrected chi connectivity index (χ4v) is 2.42. The van der Waals surface area contributed by atoms with Gasteiger partial charge >= 0.3 is 11.7 Å². The molecule has 0 bridgehead atoms. The van der Waals surface area contributed by atoms with E-state index in [-0.39, 0.29) is 12.2 Å². The first kappa shape index (κ1) is 18.2. The Morgan fingerprint density at radius 3 is 2.67 bits per heavy atom. The molecule has 0 saturated heterocycles. The van der Waals surface area contributed by atoms with Gasteiger partial charge in [0.25, 0.3) is 0 Å². The number of hydrogen-bond donors (Lipinski definition) is 1. The molecule has 2 rings (SSSR count). The average Bonchev–Trinajstić information content (AvgIpc) is 2.46. The van der Waals surface area contributed by atoms with Gasteiger partial charge in [0.15, 0.2) is 0 Å². The van der Waals surface area contributed by atoms with Crippen LogP contribution in [0.5, 0.6) is 5.75 Å². The number of carbonyl (C=O) groups is 1. The molecule has 0 amide bonds. The van der Waals surface area contributed by atoms with E-state index < -0.39 is 11.7 Å². The lowest BCUT2D eigenvalue weighted by Crippen LogP contribution is -2.23. The van der Waals surface area contributed by atoms with E-state index in [9.17, 15) is 9.59 Å². The summed E-state index contributed by atoms with van der Waals surface area (Å²) in [4.78, 5) is 29.2. The molecule has 0 aliphatic rings. The SMILES string of the molecule is CC(C)(C)Oc1cc(Br)cc(C(=O)OCCc2cnc(=O)[nH]c2)c1. The number of rotatable bonds is 5. The highest BCUT2D eigenvalue weighted by molar-refractivity contribution is 9.10. The number of ether oxygens (including phenoxy) is 2. The summed E-state index contributed by atoms with van der Waals surface area (Å²) in [6.45, 7) is 5.99. The Kier molecular flexibility index (Phi) is 5.77. The lowest BCUT2D eigenvalue weighted by molar-refractivity contribution is 0.0507. The van der Waals surface area contributed by atoms with Gasteiger partial charge in [0.1, 0.15) is 11.4 Å². The Labute approximate surface area is 148 Å². The van der Waals surface area contributed by atoms with Crippen molar-refractivity contribution in [1.29, 1.82) is 0 Å². The van der Waals surface area contributed by atoms with Crippen LogP contribution in [0.1, 0.15) is 36.7 Å². The normalized spacial score (nSPS) is 11.2. The number of aromatic amines is 1. The Hall–Kier alpha value is -2.15. The Balaban J connectivity index is 1.98. The van der Waals surface area contributed by atoms with Crippen LogP contribution in [0.2, 0.25) is 0 Å². The number of nitrogens with one attached hydrogen (secondary N) is 1. The highest BCUT2D eigenvalue weighted by atomic mass is 79.9. The van der Waals surface area contributed by atoms with Gasteiger partial charge in [-0.15, -0.1) is 0 Å². The predicted molar refractivity (Wildman–Crippen MR) is 93.4 cm³/mol. The molecule has 7 heteroatoms. The maximum Gasteiger partial charge on any atom is 0.344 e. The largest absolute Gasteiger partial charge is 0.488 e. The summed E-state index contributed by atoms with van der Waals surface area (Å²) in [5.74, 6) is 0.154. The number of carbonyl (C=O) groups excluding carboxylic acids is 1. The fraction of sp³-hybridized carbons (Fsp3) is 0.353. The van der Waals surface area contributed by atoms with Crippen molar-refractivity contribution >= 4 is 21.9 Å². The second-order valence-corrected chi connectivity index (χ2v) is 7.12. The summed E-state index contributed by atoms with van der Waals surface area (Å²) in [6.07, 6.45) is 3.48. The van der Waals surface area contributed by atoms with Crippen molar-refractivity contribution in [3.63, 3.8) is 0 Å². The number of esters is 1. The van der Waals surface area contributed by atoms with Crippen molar-refractivity contribution in [2.75, 3.05) is 6.61 Å². The molecule has 0 unspecified atom stereocenters. The number of hydrogen-bond acceptors (Lipinski definition) is 5. The first-order valence-corrected chi connectivity index (χ1v) is 8.22. The lowest BCUT2D eigenvalue weighted by Gasteiger charge is -2.21. The first-order valence-electron chi connectivity index (χ1n) is 7.43. The third-order valence-corrected chi connectivity index (χ3v) is 3.34. The van der Waals surface area contributed by atoms with Gasteiger partial charge in [0, 0.05) is 23.3 Å². The van der Waals surface area contributed by atoms with Gasteiger partial charge in [-0.05, 0) is 44.5 Å². The first-order chi connectivity index (χ1) is 11.2. The quantitative estimate of drug-likeness (QED) is 0.787. The van der Waals surface area contributed by atoms with Gasteiger partial charge in [0.2, 0.25) is 0 Å². The summed E-state index contributed by atoms with van der Waals surface area (Å²) >= 11 is 3.37. The van der Waals surface area contributed by atoms with Crippen LogP contribution >= 0.6 is 15.9 Å². The van der Waals surface area contributed by atoms with Gasteiger partial charge < -0.3 is 14.5 Å². The molecule has 128 valence electrons. The number of benzene rings is 1. The second kappa shape index (κ2) is 7.61. The van der Waals surface area contributed by atoms with Crippen LogP contribution in [0.3, 0.4) is 0 Å². The van der Waals surface area contributed by atoms with Crippen molar-refractivity contribution in [2.45, 2.75) is 32.8 Å². The maximum absolute atomic E-state index is 12.2. The summed E-state index contributed by atoms with van der Waals surface area (Å²) < 4.78 is 11.8. The van der Waals surface area contributed by atoms with Gasteiger partial charge in [-0.25, -0.2) is 14.6 Å². The molecule has 6 nitrogen and oxygen atoms in total. The van der Waals surface area contributed by atoms with Gasteiger partial charge in [-0.1, -0.05) is 15.9 Å². The Morgan fingerprint density at radius 1 is 1.29 bits per heavy atom. The zero-order chi connectivity index (χ0) is 17.7. The highest BCUT2D eigenvalue weighted by Gasteiger charge is 2.15. The zero-order valence-electron chi connectivity index (χ0n) is 13.8. The minimum Gasteiger partial charge on any atom is -0.488 e. The van der Waals surface area contributed by atoms with Crippen molar-refractivity contribution in [2.24, 2.45) is 0 Å². The van der Waals surface area contributed by atoms with Crippen LogP contribution in [0.4, 0.5) is 0 Å². The molecule has 0 atom stereocenters. The van der Waals surface area contributed by atoms with Crippen LogP contribution in [0, 0.1) is 0 Å². The van der Waals surface area contributed by atoms with E-state index in [2.05, 4.69) is 25.9 Å². The Bertz CT molecular complexity index is 760. The topological polar surface area (TPSA) is 81.3 Å². The van der Waals surface area contributed by atoms with Crippen LogP contribution in [-0.4, -0.2) is 28.1 Å². The van der Waals surface area contributed by atoms with E-state index in [0.29, 0.717) is 17.7 Å². The standard InChI is InChI=1S/C17H19BrN2O4/c1-17(2,3)24-14-7-12(6-13(18)8-14)15(21)23-5-4-11-9-19-16(22)20-10-11/h6-10H,4-5H2,1-3H3,(H,19,20,22). The molecule has 1 N–H and O–H groups in total. The van der Waals surface area contributed by atoms with E-state index >= 15 is 0 Å². The number of halogens is 1. The minimum atomic E-state index is -0.438. The van der Waals surface area contributed by atoms with Gasteiger partial charge in [-0.3, -0.25) is 0 Å². The van der Waals surface area contributed by atoms with E-state index in [1.54, 1.807) is 24.4 Å². The van der Waals surface area contributed by atoms with Gasteiger partial charge in [0.05, 0.1) is 12.2 Å². The molecular weight excluding hydrogens is 376 g/mol. The zero-order valence-corrected chi connectivity index (χ0v) is 15.3. The van der Waals surface area contributed by atoms with E-state index in [1.807, 2.05) is 20.8 Å². The van der Waals surface area contributed by atoms with Crippen molar-refractivity contribution in [3.8, 4) is 5.75 Å². The number of nitrogens with zero attached hydrogens (tertiary/aromatic N) is 1. The Morgan fingerprint density at radius 2 is 2.04 bits per heavy atom. The van der Waals surface area contributed by atoms with Crippen molar-refractivity contribution in [3.05, 3.63) is 56.7 Å². The number of H-pyrrole nitrogens is 1. The minimum absolute atomic E-state index is 0.189. The molecule has 0 fully saturated rings. The van der Waals surface area contributed by atoms with Gasteiger partial charge in [-0.2, -0.15) is 0 Å².